The van der Waals surface area contributed by atoms with Gasteiger partial charge in [-0.3, -0.25) is 4.79 Å². The molecular formula is C23H25N3O3. The van der Waals surface area contributed by atoms with Gasteiger partial charge in [-0.05, 0) is 49.9 Å². The van der Waals surface area contributed by atoms with Gasteiger partial charge in [-0.25, -0.2) is 4.68 Å². The van der Waals surface area contributed by atoms with Gasteiger partial charge >= 0.3 is 0 Å². The highest BCUT2D eigenvalue weighted by atomic mass is 16.5. The summed E-state index contributed by atoms with van der Waals surface area (Å²) in [5, 5.41) is 7.70. The Bertz CT molecular complexity index is 1010. The van der Waals surface area contributed by atoms with E-state index < -0.39 is 0 Å². The van der Waals surface area contributed by atoms with Gasteiger partial charge in [-0.15, -0.1) is 0 Å². The molecular weight excluding hydrogens is 366 g/mol. The third-order valence-electron chi connectivity index (χ3n) is 5.30. The number of hydrogen-bond acceptors (Lipinski definition) is 4. The molecule has 1 aromatic heterocycles. The normalized spacial score (nSPS) is 13.3. The lowest BCUT2D eigenvalue weighted by Gasteiger charge is -2.11. The molecule has 4 rings (SSSR count). The van der Waals surface area contributed by atoms with Crippen LogP contribution in [0.1, 0.15) is 41.0 Å². The second kappa shape index (κ2) is 8.39. The molecule has 0 aliphatic heterocycles. The molecule has 2 aromatic carbocycles. The predicted molar refractivity (Wildman–Crippen MR) is 112 cm³/mol. The van der Waals surface area contributed by atoms with Crippen molar-refractivity contribution in [2.75, 3.05) is 19.5 Å². The van der Waals surface area contributed by atoms with Crippen LogP contribution in [0.15, 0.2) is 48.5 Å². The lowest BCUT2D eigenvalue weighted by molar-refractivity contribution is 0.102. The van der Waals surface area contributed by atoms with E-state index in [1.54, 1.807) is 32.4 Å². The van der Waals surface area contributed by atoms with Gasteiger partial charge in [0, 0.05) is 17.3 Å². The third kappa shape index (κ3) is 3.83. The highest BCUT2D eigenvalue weighted by Crippen LogP contribution is 2.31. The quantitative estimate of drug-likeness (QED) is 0.654. The molecule has 1 N–H and O–H groups in total. The number of nitrogens with one attached hydrogen (secondary N) is 1. The number of anilines is 1. The molecule has 6 heteroatoms. The Labute approximate surface area is 170 Å². The zero-order valence-electron chi connectivity index (χ0n) is 16.8. The number of ether oxygens (including phenoxy) is 2. The summed E-state index contributed by atoms with van der Waals surface area (Å²) in [6.07, 6.45) is 5.12. The van der Waals surface area contributed by atoms with E-state index in [2.05, 4.69) is 5.32 Å². The first-order valence-corrected chi connectivity index (χ1v) is 9.91. The van der Waals surface area contributed by atoms with Gasteiger partial charge < -0.3 is 14.8 Å². The topological polar surface area (TPSA) is 65.4 Å². The fourth-order valence-corrected chi connectivity index (χ4v) is 3.83. The first-order chi connectivity index (χ1) is 14.2. The number of methoxy groups -OCH3 is 2. The minimum atomic E-state index is -0.232. The van der Waals surface area contributed by atoms with Crippen molar-refractivity contribution in [2.45, 2.75) is 32.1 Å². The summed E-state index contributed by atoms with van der Waals surface area (Å²) >= 11 is 0. The van der Waals surface area contributed by atoms with Crippen molar-refractivity contribution < 1.29 is 14.3 Å². The minimum absolute atomic E-state index is 0.232. The molecule has 150 valence electrons. The Morgan fingerprint density at radius 3 is 2.55 bits per heavy atom. The molecule has 0 spiro atoms. The maximum Gasteiger partial charge on any atom is 0.276 e. The fraction of sp³-hybridized carbons (Fsp3) is 0.304. The van der Waals surface area contributed by atoms with Gasteiger partial charge in [-0.2, -0.15) is 5.10 Å². The zero-order valence-corrected chi connectivity index (χ0v) is 16.8. The van der Waals surface area contributed by atoms with Gasteiger partial charge in [0.2, 0.25) is 0 Å². The first-order valence-electron chi connectivity index (χ1n) is 9.91. The van der Waals surface area contributed by atoms with Crippen LogP contribution in [-0.4, -0.2) is 29.9 Å². The molecule has 0 saturated heterocycles. The number of para-hydroxylation sites is 1. The number of benzene rings is 2. The number of amides is 1. The second-order valence-electron chi connectivity index (χ2n) is 7.10. The van der Waals surface area contributed by atoms with Crippen LogP contribution in [0.25, 0.3) is 5.69 Å². The Hall–Kier alpha value is -3.28. The van der Waals surface area contributed by atoms with Crippen molar-refractivity contribution in [3.05, 3.63) is 65.5 Å². The summed E-state index contributed by atoms with van der Waals surface area (Å²) in [6, 6.07) is 15.3. The maximum atomic E-state index is 13.2. The summed E-state index contributed by atoms with van der Waals surface area (Å²) < 4.78 is 12.6. The van der Waals surface area contributed by atoms with Crippen LogP contribution in [0.5, 0.6) is 11.5 Å². The third-order valence-corrected chi connectivity index (χ3v) is 5.30. The van der Waals surface area contributed by atoms with Crippen LogP contribution in [-0.2, 0) is 12.8 Å². The molecule has 6 nitrogen and oxygen atoms in total. The van der Waals surface area contributed by atoms with E-state index in [1.807, 2.05) is 35.0 Å². The molecule has 1 amide bonds. The molecule has 29 heavy (non-hydrogen) atoms. The number of fused-ring (bicyclic) bond motifs is 1. The number of carbonyl (C=O) groups excluding carboxylic acids is 1. The number of carbonyl (C=O) groups is 1. The van der Waals surface area contributed by atoms with E-state index in [-0.39, 0.29) is 5.91 Å². The zero-order chi connectivity index (χ0) is 20.2. The lowest BCUT2D eigenvalue weighted by Crippen LogP contribution is -2.15. The largest absolute Gasteiger partial charge is 0.497 e. The van der Waals surface area contributed by atoms with Crippen molar-refractivity contribution in [1.29, 1.82) is 0 Å². The van der Waals surface area contributed by atoms with Crippen LogP contribution in [0.3, 0.4) is 0 Å². The minimum Gasteiger partial charge on any atom is -0.497 e. The monoisotopic (exact) mass is 391 g/mol. The summed E-state index contributed by atoms with van der Waals surface area (Å²) in [6.45, 7) is 0. The van der Waals surface area contributed by atoms with Gasteiger partial charge in [0.15, 0.2) is 5.69 Å². The highest BCUT2D eigenvalue weighted by molar-refractivity contribution is 6.05. The maximum absolute atomic E-state index is 13.2. The van der Waals surface area contributed by atoms with Gasteiger partial charge in [0.1, 0.15) is 11.5 Å². The SMILES string of the molecule is COc1ccc(OC)c(NC(=O)c2nn(-c3ccccc3)c3c2CCCCC3)c1. The predicted octanol–water partition coefficient (Wildman–Crippen LogP) is 4.41. The van der Waals surface area contributed by atoms with Crippen LogP contribution < -0.4 is 14.8 Å². The molecule has 0 saturated carbocycles. The number of rotatable bonds is 5. The Balaban J connectivity index is 1.73. The Kier molecular flexibility index (Phi) is 5.51. The molecule has 1 aliphatic rings. The molecule has 0 bridgehead atoms. The van der Waals surface area contributed by atoms with Gasteiger partial charge in [-0.1, -0.05) is 24.6 Å². The van der Waals surface area contributed by atoms with E-state index in [0.29, 0.717) is 22.9 Å². The molecule has 1 heterocycles. The van der Waals surface area contributed by atoms with Crippen molar-refractivity contribution in [2.24, 2.45) is 0 Å². The standard InChI is InChI=1S/C23H25N3O3/c1-28-17-13-14-21(29-2)19(15-17)24-23(27)22-18-11-7-4-8-12-20(18)26(25-22)16-9-5-3-6-10-16/h3,5-6,9-10,13-15H,4,7-8,11-12H2,1-2H3,(H,24,27). The molecule has 0 fully saturated rings. The average Bonchev–Trinajstić information content (AvgIpc) is 2.95. The fourth-order valence-electron chi connectivity index (χ4n) is 3.83. The van der Waals surface area contributed by atoms with Crippen LogP contribution >= 0.6 is 0 Å². The number of nitrogens with zero attached hydrogens (tertiary/aromatic N) is 2. The smallest absolute Gasteiger partial charge is 0.276 e. The molecule has 0 radical (unpaired) electrons. The molecule has 3 aromatic rings. The van der Waals surface area contributed by atoms with Gasteiger partial charge in [0.25, 0.3) is 5.91 Å². The Morgan fingerprint density at radius 1 is 1.00 bits per heavy atom. The summed E-state index contributed by atoms with van der Waals surface area (Å²) in [5.41, 5.74) is 4.20. The molecule has 0 atom stereocenters. The van der Waals surface area contributed by atoms with E-state index in [4.69, 9.17) is 14.6 Å². The van der Waals surface area contributed by atoms with Crippen molar-refractivity contribution in [3.63, 3.8) is 0 Å². The van der Waals surface area contributed by atoms with Crippen molar-refractivity contribution >= 4 is 11.6 Å². The van der Waals surface area contributed by atoms with Crippen molar-refractivity contribution in [3.8, 4) is 17.2 Å². The number of hydrogen-bond donors (Lipinski definition) is 1. The average molecular weight is 391 g/mol. The van der Waals surface area contributed by atoms with E-state index in [1.165, 1.54) is 0 Å². The molecule has 0 unspecified atom stereocenters. The number of aromatic nitrogens is 2. The molecule has 1 aliphatic carbocycles. The lowest BCUT2D eigenvalue weighted by atomic mass is 10.1. The Morgan fingerprint density at radius 2 is 1.79 bits per heavy atom. The second-order valence-corrected chi connectivity index (χ2v) is 7.10. The van der Waals surface area contributed by atoms with Crippen LogP contribution in [0.4, 0.5) is 5.69 Å². The van der Waals surface area contributed by atoms with Crippen LogP contribution in [0.2, 0.25) is 0 Å². The van der Waals surface area contributed by atoms with E-state index in [0.717, 1.165) is 49.0 Å². The summed E-state index contributed by atoms with van der Waals surface area (Å²) in [4.78, 5) is 13.2. The summed E-state index contributed by atoms with van der Waals surface area (Å²) in [5.74, 6) is 0.992. The highest BCUT2D eigenvalue weighted by Gasteiger charge is 2.25. The first kappa shape index (κ1) is 19.1. The van der Waals surface area contributed by atoms with Gasteiger partial charge in [0.05, 0.1) is 25.6 Å². The van der Waals surface area contributed by atoms with E-state index in [9.17, 15) is 4.79 Å². The van der Waals surface area contributed by atoms with Crippen molar-refractivity contribution in [1.82, 2.24) is 9.78 Å². The summed E-state index contributed by atoms with van der Waals surface area (Å²) in [7, 11) is 3.17. The van der Waals surface area contributed by atoms with E-state index >= 15 is 0 Å². The van der Waals surface area contributed by atoms with Crippen LogP contribution in [0, 0.1) is 0 Å².